The summed E-state index contributed by atoms with van der Waals surface area (Å²) in [5.41, 5.74) is 0.967. The van der Waals surface area contributed by atoms with Crippen LogP contribution in [0.3, 0.4) is 0 Å². The first-order valence-corrected chi connectivity index (χ1v) is 6.66. The maximum Gasteiger partial charge on any atom is 0.320 e. The minimum absolute atomic E-state index is 0.370. The molecule has 1 aromatic rings. The van der Waals surface area contributed by atoms with Gasteiger partial charge in [0.2, 0.25) is 0 Å². The first-order chi connectivity index (χ1) is 8.08. The lowest BCUT2D eigenvalue weighted by Crippen LogP contribution is -2.35. The van der Waals surface area contributed by atoms with Gasteiger partial charge in [0.05, 0.1) is 0 Å². The van der Waals surface area contributed by atoms with E-state index in [1.54, 1.807) is 0 Å². The molecule has 1 aromatic carbocycles. The molecule has 0 unspecified atom stereocenters. The number of hydrogen-bond acceptors (Lipinski definition) is 2. The Morgan fingerprint density at radius 2 is 2.35 bits per heavy atom. The Labute approximate surface area is 114 Å². The lowest BCUT2D eigenvalue weighted by molar-refractivity contribution is -0.142. The molecule has 0 aliphatic carbocycles. The molecule has 5 heteroatoms. The van der Waals surface area contributed by atoms with Crippen LogP contribution in [0, 0.1) is 0 Å². The van der Waals surface area contributed by atoms with Gasteiger partial charge in [-0.2, -0.15) is 0 Å². The van der Waals surface area contributed by atoms with Gasteiger partial charge < -0.3 is 5.11 Å². The topological polar surface area (TPSA) is 40.5 Å². The van der Waals surface area contributed by atoms with Crippen LogP contribution in [0.1, 0.15) is 18.4 Å². The van der Waals surface area contributed by atoms with E-state index in [4.69, 9.17) is 16.7 Å². The van der Waals surface area contributed by atoms with Crippen LogP contribution in [-0.2, 0) is 11.3 Å². The van der Waals surface area contributed by atoms with Gasteiger partial charge >= 0.3 is 5.97 Å². The second-order valence-electron chi connectivity index (χ2n) is 4.20. The molecule has 0 amide bonds. The Bertz CT molecular complexity index is 439. The molecule has 0 saturated carbocycles. The minimum Gasteiger partial charge on any atom is -0.480 e. The molecule has 1 atom stereocenters. The second kappa shape index (κ2) is 5.38. The summed E-state index contributed by atoms with van der Waals surface area (Å²) in [4.78, 5) is 13.0. The van der Waals surface area contributed by atoms with E-state index in [1.807, 2.05) is 23.1 Å². The zero-order valence-corrected chi connectivity index (χ0v) is 11.5. The molecule has 17 heavy (non-hydrogen) atoms. The number of rotatable bonds is 3. The van der Waals surface area contributed by atoms with Crippen LogP contribution in [0.15, 0.2) is 22.7 Å². The highest BCUT2D eigenvalue weighted by molar-refractivity contribution is 9.10. The predicted molar refractivity (Wildman–Crippen MR) is 70.2 cm³/mol. The number of halogens is 2. The van der Waals surface area contributed by atoms with Crippen LogP contribution >= 0.6 is 27.5 Å². The van der Waals surface area contributed by atoms with Crippen LogP contribution in [0.4, 0.5) is 0 Å². The Hall–Kier alpha value is -0.580. The number of hydrogen-bond donors (Lipinski definition) is 1. The van der Waals surface area contributed by atoms with Crippen molar-refractivity contribution in [2.75, 3.05) is 6.54 Å². The summed E-state index contributed by atoms with van der Waals surface area (Å²) in [5, 5.41) is 9.79. The number of carboxylic acid groups (broad SMARTS) is 1. The molecule has 1 aliphatic rings. The van der Waals surface area contributed by atoms with Gasteiger partial charge in [0.25, 0.3) is 0 Å². The minimum atomic E-state index is -0.742. The molecular weight excluding hydrogens is 305 g/mol. The van der Waals surface area contributed by atoms with Crippen LogP contribution in [0.5, 0.6) is 0 Å². The number of aliphatic carboxylic acids is 1. The van der Waals surface area contributed by atoms with Gasteiger partial charge in [-0.05, 0) is 43.1 Å². The van der Waals surface area contributed by atoms with Crippen LogP contribution in [0.25, 0.3) is 0 Å². The van der Waals surface area contributed by atoms with Crippen molar-refractivity contribution in [3.8, 4) is 0 Å². The molecule has 1 aliphatic heterocycles. The summed E-state index contributed by atoms with van der Waals surface area (Å²) in [6.07, 6.45) is 1.66. The summed E-state index contributed by atoms with van der Waals surface area (Å²) in [6.45, 7) is 1.41. The Morgan fingerprint density at radius 3 is 3.06 bits per heavy atom. The maximum absolute atomic E-state index is 11.1. The van der Waals surface area contributed by atoms with Crippen LogP contribution < -0.4 is 0 Å². The smallest absolute Gasteiger partial charge is 0.320 e. The average Bonchev–Trinajstić information content (AvgIpc) is 2.71. The van der Waals surface area contributed by atoms with Crippen molar-refractivity contribution >= 4 is 33.5 Å². The molecule has 0 radical (unpaired) electrons. The number of carboxylic acids is 1. The highest BCUT2D eigenvalue weighted by Crippen LogP contribution is 2.26. The zero-order valence-electron chi connectivity index (χ0n) is 9.20. The van der Waals surface area contributed by atoms with E-state index < -0.39 is 5.97 Å². The fourth-order valence-electron chi connectivity index (χ4n) is 2.18. The quantitative estimate of drug-likeness (QED) is 0.930. The number of likely N-dealkylation sites (tertiary alicyclic amines) is 1. The first-order valence-electron chi connectivity index (χ1n) is 5.48. The van der Waals surface area contributed by atoms with Gasteiger partial charge in [-0.3, -0.25) is 9.69 Å². The zero-order chi connectivity index (χ0) is 12.4. The van der Waals surface area contributed by atoms with Crippen molar-refractivity contribution in [3.05, 3.63) is 33.3 Å². The lowest BCUT2D eigenvalue weighted by Gasteiger charge is -2.21. The van der Waals surface area contributed by atoms with Gasteiger partial charge in [-0.25, -0.2) is 0 Å². The summed E-state index contributed by atoms with van der Waals surface area (Å²) in [7, 11) is 0. The molecule has 3 nitrogen and oxygen atoms in total. The second-order valence-corrected chi connectivity index (χ2v) is 5.53. The van der Waals surface area contributed by atoms with Crippen molar-refractivity contribution in [1.82, 2.24) is 4.90 Å². The van der Waals surface area contributed by atoms with E-state index in [9.17, 15) is 4.79 Å². The number of nitrogens with zero attached hydrogens (tertiary/aromatic N) is 1. The summed E-state index contributed by atoms with van der Waals surface area (Å²) < 4.78 is 0.961. The largest absolute Gasteiger partial charge is 0.480 e. The van der Waals surface area contributed by atoms with Crippen molar-refractivity contribution < 1.29 is 9.90 Å². The summed E-state index contributed by atoms with van der Waals surface area (Å²) in [6, 6.07) is 5.28. The summed E-state index contributed by atoms with van der Waals surface area (Å²) in [5.74, 6) is -0.742. The monoisotopic (exact) mass is 317 g/mol. The summed E-state index contributed by atoms with van der Waals surface area (Å²) >= 11 is 9.50. The van der Waals surface area contributed by atoms with E-state index >= 15 is 0 Å². The fourth-order valence-corrected chi connectivity index (χ4v) is 2.76. The molecule has 0 spiro atoms. The molecule has 2 rings (SSSR count). The van der Waals surface area contributed by atoms with E-state index in [1.165, 1.54) is 0 Å². The van der Waals surface area contributed by atoms with Gasteiger partial charge in [-0.1, -0.05) is 27.5 Å². The number of benzene rings is 1. The molecule has 0 bridgehead atoms. The Kier molecular flexibility index (Phi) is 4.07. The molecule has 1 N–H and O–H groups in total. The third-order valence-electron chi connectivity index (χ3n) is 3.03. The Morgan fingerprint density at radius 1 is 1.59 bits per heavy atom. The van der Waals surface area contributed by atoms with Gasteiger partial charge in [0, 0.05) is 16.0 Å². The van der Waals surface area contributed by atoms with Crippen molar-refractivity contribution in [2.45, 2.75) is 25.4 Å². The average molecular weight is 319 g/mol. The SMILES string of the molecule is O=C(O)[C@H]1CCCN1Cc1cc(Br)ccc1Cl. The lowest BCUT2D eigenvalue weighted by atomic mass is 10.2. The highest BCUT2D eigenvalue weighted by Gasteiger charge is 2.30. The standard InChI is InChI=1S/C12H13BrClNO2/c13-9-3-4-10(14)8(6-9)7-15-5-1-2-11(15)12(16)17/h3-4,6,11H,1-2,5,7H2,(H,16,17)/t11-/m1/s1. The van der Waals surface area contributed by atoms with Crippen LogP contribution in [0.2, 0.25) is 5.02 Å². The Balaban J connectivity index is 2.15. The fraction of sp³-hybridized carbons (Fsp3) is 0.417. The predicted octanol–water partition coefficient (Wildman–Crippen LogP) is 3.15. The van der Waals surface area contributed by atoms with Gasteiger partial charge in [0.1, 0.15) is 6.04 Å². The third-order valence-corrected chi connectivity index (χ3v) is 3.89. The van der Waals surface area contributed by atoms with E-state index in [0.29, 0.717) is 11.6 Å². The molecule has 1 heterocycles. The highest BCUT2D eigenvalue weighted by atomic mass is 79.9. The maximum atomic E-state index is 11.1. The molecule has 1 fully saturated rings. The van der Waals surface area contributed by atoms with E-state index in [2.05, 4.69) is 15.9 Å². The van der Waals surface area contributed by atoms with E-state index in [0.717, 1.165) is 29.4 Å². The van der Waals surface area contributed by atoms with Gasteiger partial charge in [0.15, 0.2) is 0 Å². The van der Waals surface area contributed by atoms with Gasteiger partial charge in [-0.15, -0.1) is 0 Å². The van der Waals surface area contributed by atoms with Crippen LogP contribution in [-0.4, -0.2) is 28.6 Å². The normalized spacial score (nSPS) is 20.7. The van der Waals surface area contributed by atoms with Crippen molar-refractivity contribution in [2.24, 2.45) is 0 Å². The molecule has 0 aromatic heterocycles. The van der Waals surface area contributed by atoms with Crippen molar-refractivity contribution in [1.29, 1.82) is 0 Å². The molecule has 1 saturated heterocycles. The molecule has 92 valence electrons. The third kappa shape index (κ3) is 3.00. The first kappa shape index (κ1) is 12.9. The molecular formula is C12H13BrClNO2. The van der Waals surface area contributed by atoms with E-state index in [-0.39, 0.29) is 6.04 Å². The van der Waals surface area contributed by atoms with Crippen molar-refractivity contribution in [3.63, 3.8) is 0 Å². The number of carbonyl (C=O) groups is 1.